The second-order valence-electron chi connectivity index (χ2n) is 8.45. The van der Waals surface area contributed by atoms with E-state index in [2.05, 4.69) is 6.92 Å². The lowest BCUT2D eigenvalue weighted by Crippen LogP contribution is -1.89. The molecule has 0 aromatic heterocycles. The Bertz CT molecular complexity index is 470. The van der Waals surface area contributed by atoms with Gasteiger partial charge < -0.3 is 9.84 Å². The Morgan fingerprint density at radius 3 is 1.46 bits per heavy atom. The number of phenolic OH excluding ortho intramolecular Hbond substituents is 1. The first kappa shape index (κ1) is 24.9. The van der Waals surface area contributed by atoms with E-state index in [4.69, 9.17) is 4.74 Å². The number of unbranched alkanes of at least 4 members (excludes halogenated alkanes) is 16. The van der Waals surface area contributed by atoms with Crippen LogP contribution in [0.15, 0.2) is 18.2 Å². The van der Waals surface area contributed by atoms with Crippen molar-refractivity contribution in [1.29, 1.82) is 0 Å². The van der Waals surface area contributed by atoms with Crippen LogP contribution in [0.1, 0.15) is 122 Å². The number of benzene rings is 1. The molecule has 0 heterocycles. The largest absolute Gasteiger partial charge is 0.508 e. The van der Waals surface area contributed by atoms with E-state index in [-0.39, 0.29) is 0 Å². The van der Waals surface area contributed by atoms with Gasteiger partial charge in [0.25, 0.3) is 0 Å². The van der Waals surface area contributed by atoms with E-state index in [1.807, 2.05) is 12.1 Å². The molecule has 1 aromatic rings. The van der Waals surface area contributed by atoms with E-state index in [1.54, 1.807) is 13.2 Å². The molecule has 1 aromatic carbocycles. The Morgan fingerprint density at radius 2 is 1.04 bits per heavy atom. The molecule has 0 radical (unpaired) electrons. The summed E-state index contributed by atoms with van der Waals surface area (Å²) in [5.41, 5.74) is 1.18. The Morgan fingerprint density at radius 1 is 0.607 bits per heavy atom. The van der Waals surface area contributed by atoms with Crippen LogP contribution in [0.4, 0.5) is 0 Å². The maximum absolute atomic E-state index is 9.69. The molecule has 0 amide bonds. The minimum absolute atomic E-state index is 0.307. The fraction of sp³-hybridized carbons (Fsp3) is 0.769. The molecule has 0 aliphatic carbocycles. The van der Waals surface area contributed by atoms with Gasteiger partial charge in [-0.15, -0.1) is 0 Å². The molecule has 0 saturated heterocycles. The van der Waals surface area contributed by atoms with E-state index in [0.717, 1.165) is 12.2 Å². The number of ether oxygens (including phenoxy) is 1. The van der Waals surface area contributed by atoms with Gasteiger partial charge in [0.15, 0.2) is 0 Å². The van der Waals surface area contributed by atoms with Crippen molar-refractivity contribution in [3.63, 3.8) is 0 Å². The van der Waals surface area contributed by atoms with Gasteiger partial charge in [0.05, 0.1) is 7.11 Å². The highest BCUT2D eigenvalue weighted by atomic mass is 16.5. The molecule has 0 fully saturated rings. The molecule has 0 atom stereocenters. The van der Waals surface area contributed by atoms with Gasteiger partial charge in [-0.1, -0.05) is 110 Å². The lowest BCUT2D eigenvalue weighted by Gasteiger charge is -2.06. The average molecular weight is 391 g/mol. The van der Waals surface area contributed by atoms with Crippen molar-refractivity contribution >= 4 is 0 Å². The van der Waals surface area contributed by atoms with Crippen LogP contribution in [0.3, 0.4) is 0 Å². The predicted molar refractivity (Wildman–Crippen MR) is 123 cm³/mol. The summed E-state index contributed by atoms with van der Waals surface area (Å²) in [5.74, 6) is 1.06. The fourth-order valence-electron chi connectivity index (χ4n) is 3.96. The van der Waals surface area contributed by atoms with Gasteiger partial charge in [0.2, 0.25) is 0 Å². The monoisotopic (exact) mass is 390 g/mol. The first-order valence-electron chi connectivity index (χ1n) is 12.1. The maximum atomic E-state index is 9.69. The second-order valence-corrected chi connectivity index (χ2v) is 8.45. The first-order chi connectivity index (χ1) is 13.8. The summed E-state index contributed by atoms with van der Waals surface area (Å²) in [6, 6.07) is 5.55. The van der Waals surface area contributed by atoms with E-state index >= 15 is 0 Å². The van der Waals surface area contributed by atoms with Crippen LogP contribution in [0.2, 0.25) is 0 Å². The fourth-order valence-corrected chi connectivity index (χ4v) is 3.96. The molecule has 162 valence electrons. The number of aryl methyl sites for hydroxylation is 1. The van der Waals surface area contributed by atoms with Gasteiger partial charge in [0.1, 0.15) is 11.5 Å². The minimum atomic E-state index is 0.307. The molecule has 0 bridgehead atoms. The van der Waals surface area contributed by atoms with Crippen molar-refractivity contribution in [2.24, 2.45) is 0 Å². The number of aromatic hydroxyl groups is 1. The summed E-state index contributed by atoms with van der Waals surface area (Å²) < 4.78 is 5.21. The topological polar surface area (TPSA) is 29.5 Å². The molecular weight excluding hydrogens is 344 g/mol. The summed E-state index contributed by atoms with van der Waals surface area (Å²) >= 11 is 0. The van der Waals surface area contributed by atoms with Crippen molar-refractivity contribution in [3.8, 4) is 11.5 Å². The van der Waals surface area contributed by atoms with Gasteiger partial charge in [0, 0.05) is 6.07 Å². The van der Waals surface area contributed by atoms with Crippen molar-refractivity contribution in [3.05, 3.63) is 23.8 Å². The van der Waals surface area contributed by atoms with Crippen molar-refractivity contribution in [1.82, 2.24) is 0 Å². The summed E-state index contributed by atoms with van der Waals surface area (Å²) in [6.07, 6.45) is 24.9. The molecular formula is C26H46O2. The van der Waals surface area contributed by atoms with Crippen LogP contribution in [0.25, 0.3) is 0 Å². The average Bonchev–Trinajstić information content (AvgIpc) is 2.70. The lowest BCUT2D eigenvalue weighted by atomic mass is 10.0. The standard InChI is InChI=1S/C26H46O2/c1-3-4-5-6-7-8-9-10-11-12-13-14-15-16-17-18-19-20-24-21-25(27)23-26(22-24)28-2/h21-23,27H,3-20H2,1-2H3. The quantitative estimate of drug-likeness (QED) is 0.240. The van der Waals surface area contributed by atoms with E-state index < -0.39 is 0 Å². The third kappa shape index (κ3) is 13.9. The maximum Gasteiger partial charge on any atom is 0.122 e. The Labute approximate surface area is 175 Å². The number of rotatable bonds is 19. The number of methoxy groups -OCH3 is 1. The number of phenols is 1. The number of hydrogen-bond acceptors (Lipinski definition) is 2. The molecule has 2 nitrogen and oxygen atoms in total. The first-order valence-corrected chi connectivity index (χ1v) is 12.1. The van der Waals surface area contributed by atoms with E-state index in [0.29, 0.717) is 5.75 Å². The molecule has 28 heavy (non-hydrogen) atoms. The van der Waals surface area contributed by atoms with Gasteiger partial charge in [-0.25, -0.2) is 0 Å². The smallest absolute Gasteiger partial charge is 0.122 e. The van der Waals surface area contributed by atoms with Crippen LogP contribution < -0.4 is 4.74 Å². The SMILES string of the molecule is CCCCCCCCCCCCCCCCCCCc1cc(O)cc(OC)c1. The zero-order chi connectivity index (χ0) is 20.3. The molecule has 0 aliphatic heterocycles. The Kier molecular flexibility index (Phi) is 15.9. The summed E-state index contributed by atoms with van der Waals surface area (Å²) in [6.45, 7) is 2.29. The molecule has 2 heteroatoms. The van der Waals surface area contributed by atoms with Crippen molar-refractivity contribution in [2.45, 2.75) is 122 Å². The van der Waals surface area contributed by atoms with Gasteiger partial charge >= 0.3 is 0 Å². The minimum Gasteiger partial charge on any atom is -0.508 e. The van der Waals surface area contributed by atoms with Gasteiger partial charge in [-0.3, -0.25) is 0 Å². The third-order valence-corrected chi connectivity index (χ3v) is 5.76. The molecule has 1 rings (SSSR count). The zero-order valence-corrected chi connectivity index (χ0v) is 18.8. The molecule has 0 aliphatic rings. The normalized spacial score (nSPS) is 11.1. The van der Waals surface area contributed by atoms with Gasteiger partial charge in [-0.2, -0.15) is 0 Å². The second kappa shape index (κ2) is 17.9. The summed E-state index contributed by atoms with van der Waals surface area (Å²) in [4.78, 5) is 0. The molecule has 1 N–H and O–H groups in total. The highest BCUT2D eigenvalue weighted by Crippen LogP contribution is 2.23. The van der Waals surface area contributed by atoms with Gasteiger partial charge in [-0.05, 0) is 30.5 Å². The lowest BCUT2D eigenvalue weighted by molar-refractivity contribution is 0.406. The number of hydrogen-bond donors (Lipinski definition) is 1. The zero-order valence-electron chi connectivity index (χ0n) is 18.8. The highest BCUT2D eigenvalue weighted by molar-refractivity contribution is 5.37. The Balaban J connectivity index is 1.82. The van der Waals surface area contributed by atoms with Crippen molar-refractivity contribution < 1.29 is 9.84 Å². The van der Waals surface area contributed by atoms with Crippen LogP contribution in [-0.2, 0) is 6.42 Å². The Hall–Kier alpha value is -1.18. The van der Waals surface area contributed by atoms with Crippen molar-refractivity contribution in [2.75, 3.05) is 7.11 Å². The summed E-state index contributed by atoms with van der Waals surface area (Å²) in [5, 5.41) is 9.69. The summed E-state index contributed by atoms with van der Waals surface area (Å²) in [7, 11) is 1.65. The van der Waals surface area contributed by atoms with Crippen LogP contribution in [-0.4, -0.2) is 12.2 Å². The van der Waals surface area contributed by atoms with Crippen LogP contribution in [0, 0.1) is 0 Å². The molecule has 0 unspecified atom stereocenters. The van der Waals surface area contributed by atoms with Crippen LogP contribution in [0.5, 0.6) is 11.5 Å². The third-order valence-electron chi connectivity index (χ3n) is 5.76. The van der Waals surface area contributed by atoms with E-state index in [1.165, 1.54) is 115 Å². The van der Waals surface area contributed by atoms with Crippen LogP contribution >= 0.6 is 0 Å². The van der Waals surface area contributed by atoms with E-state index in [9.17, 15) is 5.11 Å². The molecule has 0 saturated carbocycles. The molecule has 0 spiro atoms. The predicted octanol–water partition coefficient (Wildman–Crippen LogP) is 8.59. The highest BCUT2D eigenvalue weighted by Gasteiger charge is 2.01.